The quantitative estimate of drug-likeness (QED) is 0.161. The molecule has 5 aromatic rings. The zero-order valence-electron chi connectivity index (χ0n) is 26.0. The Morgan fingerprint density at radius 3 is 1.85 bits per heavy atom. The fourth-order valence-corrected chi connectivity index (χ4v) is 8.52. The Bertz CT molecular complexity index is 1850. The van der Waals surface area contributed by atoms with E-state index in [1.54, 1.807) is 23.1 Å². The summed E-state index contributed by atoms with van der Waals surface area (Å²) in [4.78, 5) is 26.6. The fourth-order valence-electron chi connectivity index (χ4n) is 6.12. The predicted octanol–water partition coefficient (Wildman–Crippen LogP) is 7.77. The number of amides is 1. The molecule has 240 valence electrons. The zero-order valence-corrected chi connectivity index (χ0v) is 27.6. The van der Waals surface area contributed by atoms with Gasteiger partial charge in [0, 0.05) is 35.0 Å². The van der Waals surface area contributed by atoms with Gasteiger partial charge in [0.1, 0.15) is 11.5 Å². The van der Waals surface area contributed by atoms with E-state index < -0.39 is 28.3 Å². The third-order valence-electron chi connectivity index (χ3n) is 8.74. The van der Waals surface area contributed by atoms with Crippen molar-refractivity contribution in [3.05, 3.63) is 131 Å². The second kappa shape index (κ2) is 14.6. The molecule has 0 bridgehead atoms. The molecule has 9 heteroatoms. The van der Waals surface area contributed by atoms with Gasteiger partial charge in [0.25, 0.3) is 0 Å². The highest BCUT2D eigenvalue weighted by molar-refractivity contribution is 7.91. The maximum absolute atomic E-state index is 13.3. The van der Waals surface area contributed by atoms with E-state index in [-0.39, 0.29) is 11.7 Å². The van der Waals surface area contributed by atoms with Crippen LogP contribution in [0.4, 0.5) is 4.79 Å². The van der Waals surface area contributed by atoms with E-state index in [0.29, 0.717) is 46.2 Å². The lowest BCUT2D eigenvalue weighted by Crippen LogP contribution is -2.37. The Morgan fingerprint density at radius 2 is 1.30 bits per heavy atom. The minimum absolute atomic E-state index is 0.198. The first-order valence-corrected chi connectivity index (χ1v) is 18.1. The number of aromatic carboxylic acids is 1. The summed E-state index contributed by atoms with van der Waals surface area (Å²) in [7, 11) is 1.41. The van der Waals surface area contributed by atoms with Crippen LogP contribution in [0.5, 0.6) is 0 Å². The highest BCUT2D eigenvalue weighted by Crippen LogP contribution is 2.31. The molecule has 0 aromatic heterocycles. The van der Waals surface area contributed by atoms with Crippen molar-refractivity contribution in [2.24, 2.45) is 0 Å². The molecule has 0 aliphatic carbocycles. The summed E-state index contributed by atoms with van der Waals surface area (Å²) in [6.45, 7) is 1.35. The zero-order chi connectivity index (χ0) is 32.9. The second-order valence-corrected chi connectivity index (χ2v) is 14.5. The van der Waals surface area contributed by atoms with Crippen molar-refractivity contribution in [3.63, 3.8) is 0 Å². The maximum atomic E-state index is 13.3. The molecule has 5 aromatic carbocycles. The number of nitrogens with zero attached hydrogens (tertiary/aromatic N) is 1. The number of fused-ring (bicyclic) bond motifs is 1. The lowest BCUT2D eigenvalue weighted by atomic mass is 9.90. The number of carboxylic acids is 1. The molecule has 1 aliphatic rings. The number of hydrogen-bond donors (Lipinski definition) is 1. The van der Waals surface area contributed by atoms with E-state index in [2.05, 4.69) is 12.1 Å². The third kappa shape index (κ3) is 7.49. The molecule has 2 unspecified atom stereocenters. The summed E-state index contributed by atoms with van der Waals surface area (Å²) in [6.07, 6.45) is 1.49. The fraction of sp³-hybridized carbons (Fsp3) is 0.211. The normalized spacial score (nSPS) is 14.9. The molecule has 2 atom stereocenters. The molecule has 0 saturated carbocycles. The molecule has 7 nitrogen and oxygen atoms in total. The van der Waals surface area contributed by atoms with E-state index in [0.717, 1.165) is 40.0 Å². The number of benzene rings is 5. The molecular weight excluding hydrogens is 631 g/mol. The van der Waals surface area contributed by atoms with Crippen LogP contribution in [-0.4, -0.2) is 51.4 Å². The summed E-state index contributed by atoms with van der Waals surface area (Å²) in [5.41, 5.74) is 5.37. The molecule has 1 saturated heterocycles. The molecule has 1 amide bonds. The predicted molar refractivity (Wildman–Crippen MR) is 185 cm³/mol. The van der Waals surface area contributed by atoms with Gasteiger partial charge in [-0.15, -0.1) is 0 Å². The Hall–Kier alpha value is -4.28. The lowest BCUT2D eigenvalue weighted by molar-refractivity contribution is 0.0698. The van der Waals surface area contributed by atoms with Crippen molar-refractivity contribution >= 4 is 45.2 Å². The molecule has 47 heavy (non-hydrogen) atoms. The van der Waals surface area contributed by atoms with E-state index in [4.69, 9.17) is 4.74 Å². The molecule has 0 radical (unpaired) electrons. The van der Waals surface area contributed by atoms with Crippen LogP contribution in [0.2, 0.25) is 0 Å². The molecule has 1 aliphatic heterocycles. The second-order valence-electron chi connectivity index (χ2n) is 11.6. The third-order valence-corrected chi connectivity index (χ3v) is 11.6. The largest absolute Gasteiger partial charge is 0.611 e. The maximum Gasteiger partial charge on any atom is 0.409 e. The number of likely N-dealkylation sites (tertiary alicyclic amines) is 1. The molecule has 1 fully saturated rings. The van der Waals surface area contributed by atoms with E-state index in [9.17, 15) is 23.8 Å². The van der Waals surface area contributed by atoms with Gasteiger partial charge in [-0.25, -0.2) is 9.59 Å². The first-order valence-electron chi connectivity index (χ1n) is 15.4. The molecule has 1 N–H and O–H groups in total. The van der Waals surface area contributed by atoms with Crippen LogP contribution in [0.1, 0.15) is 45.8 Å². The number of carbonyl (C=O) groups excluding carboxylic acids is 1. The van der Waals surface area contributed by atoms with Crippen molar-refractivity contribution in [3.8, 4) is 11.1 Å². The van der Waals surface area contributed by atoms with Gasteiger partial charge in [-0.3, -0.25) is 0 Å². The topological polar surface area (TPSA) is 113 Å². The summed E-state index contributed by atoms with van der Waals surface area (Å²) in [5, 5.41) is 10.8. The van der Waals surface area contributed by atoms with Crippen LogP contribution in [0.25, 0.3) is 21.9 Å². The molecule has 1 heterocycles. The minimum Gasteiger partial charge on any atom is -0.611 e. The number of ether oxygens (including phenoxy) is 1. The van der Waals surface area contributed by atoms with Crippen LogP contribution in [0.3, 0.4) is 0 Å². The SMILES string of the molecule is COC(=O)N1CCC(c2ccc([S+]([O-])Cc3ccc(-c4ccc(C[S+]([O-])c5ccc(C(=O)O)c6ccccc56)cc4)cc3)cc2)CC1. The number of methoxy groups -OCH3 is 1. The Kier molecular flexibility index (Phi) is 10.2. The Balaban J connectivity index is 1.05. The Morgan fingerprint density at radius 1 is 0.745 bits per heavy atom. The highest BCUT2D eigenvalue weighted by Gasteiger charge is 2.25. The van der Waals surface area contributed by atoms with Crippen molar-refractivity contribution in [2.45, 2.75) is 40.1 Å². The standard InChI is InChI=1S/C38H35NO6S2/c1-45-38(42)39-22-20-31(21-23-39)30-14-16-32(17-15-30)46(43)24-26-6-10-28(11-7-26)29-12-8-27(9-13-29)25-47(44)36-19-18-35(37(40)41)33-4-2-3-5-34(33)36/h2-19,31H,20-25H2,1H3,(H,40,41). The molecule has 0 spiro atoms. The van der Waals surface area contributed by atoms with Gasteiger partial charge in [-0.05, 0) is 88.1 Å². The highest BCUT2D eigenvalue weighted by atomic mass is 32.2. The number of carboxylic acid groups (broad SMARTS) is 1. The van der Waals surface area contributed by atoms with Gasteiger partial charge < -0.3 is 23.8 Å². The van der Waals surface area contributed by atoms with Crippen LogP contribution in [0, 0.1) is 0 Å². The average molecular weight is 666 g/mol. The monoisotopic (exact) mass is 665 g/mol. The van der Waals surface area contributed by atoms with Gasteiger partial charge in [0.15, 0.2) is 9.79 Å². The minimum atomic E-state index is -1.35. The lowest BCUT2D eigenvalue weighted by Gasteiger charge is -2.31. The van der Waals surface area contributed by atoms with Crippen molar-refractivity contribution in [1.29, 1.82) is 0 Å². The summed E-state index contributed by atoms with van der Waals surface area (Å²) in [5.74, 6) is 0.106. The van der Waals surface area contributed by atoms with Crippen LogP contribution in [0.15, 0.2) is 119 Å². The smallest absolute Gasteiger partial charge is 0.409 e. The van der Waals surface area contributed by atoms with Crippen LogP contribution < -0.4 is 0 Å². The van der Waals surface area contributed by atoms with Crippen molar-refractivity contribution in [2.75, 3.05) is 20.2 Å². The van der Waals surface area contributed by atoms with E-state index in [1.165, 1.54) is 18.7 Å². The summed E-state index contributed by atoms with van der Waals surface area (Å²) >= 11 is -2.53. The van der Waals surface area contributed by atoms with Crippen LogP contribution in [-0.2, 0) is 38.6 Å². The van der Waals surface area contributed by atoms with Crippen molar-refractivity contribution in [1.82, 2.24) is 4.90 Å². The van der Waals surface area contributed by atoms with Gasteiger partial charge >= 0.3 is 12.1 Å². The van der Waals surface area contributed by atoms with Crippen LogP contribution >= 0.6 is 0 Å². The number of piperidine rings is 1. The van der Waals surface area contributed by atoms with E-state index in [1.807, 2.05) is 72.8 Å². The molecular formula is C38H35NO6S2. The first kappa shape index (κ1) is 32.7. The number of carbonyl (C=O) groups is 2. The molecule has 6 rings (SSSR count). The van der Waals surface area contributed by atoms with Gasteiger partial charge in [-0.2, -0.15) is 0 Å². The van der Waals surface area contributed by atoms with E-state index >= 15 is 0 Å². The van der Waals surface area contributed by atoms with Gasteiger partial charge in [0.2, 0.25) is 0 Å². The summed E-state index contributed by atoms with van der Waals surface area (Å²) < 4.78 is 31.3. The first-order chi connectivity index (χ1) is 22.8. The summed E-state index contributed by atoms with van der Waals surface area (Å²) in [6, 6.07) is 34.4. The average Bonchev–Trinajstić information content (AvgIpc) is 3.11. The van der Waals surface area contributed by atoms with Crippen molar-refractivity contribution < 1.29 is 28.5 Å². The van der Waals surface area contributed by atoms with Gasteiger partial charge in [-0.1, -0.05) is 78.9 Å². The number of rotatable bonds is 9. The Labute approximate surface area is 280 Å². The van der Waals surface area contributed by atoms with Gasteiger partial charge in [0.05, 0.1) is 12.7 Å². The number of hydrogen-bond acceptors (Lipinski definition) is 5.